The van der Waals surface area contributed by atoms with Crippen molar-refractivity contribution in [3.63, 3.8) is 0 Å². The maximum atomic E-state index is 10.6. The highest BCUT2D eigenvalue weighted by Gasteiger charge is 2.35. The lowest BCUT2D eigenvalue weighted by atomic mass is 9.74. The van der Waals surface area contributed by atoms with Gasteiger partial charge >= 0.3 is 0 Å². The smallest absolute Gasteiger partial charge is 0.135 e. The summed E-state index contributed by atoms with van der Waals surface area (Å²) in [5.41, 5.74) is 10.2. The Bertz CT molecular complexity index is 506. The number of hydrogen-bond acceptors (Lipinski definition) is 2. The van der Waals surface area contributed by atoms with Gasteiger partial charge < -0.3 is 10.8 Å². The number of phenolic OH excluding ortho intramolecular Hbond substituents is 1. The van der Waals surface area contributed by atoms with Crippen molar-refractivity contribution in [1.29, 1.82) is 0 Å². The lowest BCUT2D eigenvalue weighted by molar-refractivity contribution is 0.289. The van der Waals surface area contributed by atoms with Gasteiger partial charge in [0.2, 0.25) is 0 Å². The Balaban J connectivity index is 2.14. The molecule has 0 atom stereocenters. The zero-order valence-electron chi connectivity index (χ0n) is 12.1. The minimum atomic E-state index is -0.319. The van der Waals surface area contributed by atoms with Gasteiger partial charge in [0.05, 0.1) is 4.47 Å². The highest BCUT2D eigenvalue weighted by atomic mass is 79.9. The number of aromatic hydroxyl groups is 1. The number of benzene rings is 1. The summed E-state index contributed by atoms with van der Waals surface area (Å²) in [6.45, 7) is 0. The molecule has 1 fully saturated rings. The first-order valence-corrected chi connectivity index (χ1v) is 8.74. The maximum Gasteiger partial charge on any atom is 0.135 e. The van der Waals surface area contributed by atoms with Crippen molar-refractivity contribution in [1.82, 2.24) is 0 Å². The first-order valence-electron chi connectivity index (χ1n) is 7.94. The molecule has 2 aliphatic carbocycles. The Morgan fingerprint density at radius 1 is 1.00 bits per heavy atom. The second-order valence-electron chi connectivity index (χ2n) is 6.50. The first-order chi connectivity index (χ1) is 9.62. The third-order valence-electron chi connectivity index (χ3n) is 5.07. The molecular formula is C17H24BrNO. The highest BCUT2D eigenvalue weighted by Crippen LogP contribution is 2.46. The first kappa shape index (κ1) is 14.4. The summed E-state index contributed by atoms with van der Waals surface area (Å²) < 4.78 is 0.823. The van der Waals surface area contributed by atoms with E-state index in [1.165, 1.54) is 49.7 Å². The van der Waals surface area contributed by atoms with Crippen LogP contribution in [0.4, 0.5) is 0 Å². The van der Waals surface area contributed by atoms with E-state index < -0.39 is 0 Å². The quantitative estimate of drug-likeness (QED) is 0.739. The topological polar surface area (TPSA) is 46.2 Å². The molecule has 0 aromatic heterocycles. The number of halogens is 1. The van der Waals surface area contributed by atoms with Gasteiger partial charge in [-0.05, 0) is 71.6 Å². The van der Waals surface area contributed by atoms with Crippen molar-refractivity contribution >= 4 is 15.9 Å². The number of fused-ring (bicyclic) bond motifs is 1. The van der Waals surface area contributed by atoms with Crippen LogP contribution in [0.5, 0.6) is 5.75 Å². The molecule has 0 radical (unpaired) electrons. The Hall–Kier alpha value is -0.540. The second kappa shape index (κ2) is 5.69. The fourth-order valence-electron chi connectivity index (χ4n) is 4.00. The Labute approximate surface area is 129 Å². The van der Waals surface area contributed by atoms with Gasteiger partial charge in [-0.25, -0.2) is 0 Å². The molecule has 1 aromatic rings. The van der Waals surface area contributed by atoms with Crippen molar-refractivity contribution in [3.05, 3.63) is 27.2 Å². The van der Waals surface area contributed by atoms with Crippen LogP contribution in [0.15, 0.2) is 10.5 Å². The average Bonchev–Trinajstić information content (AvgIpc) is 2.65. The van der Waals surface area contributed by atoms with Crippen molar-refractivity contribution in [2.75, 3.05) is 0 Å². The van der Waals surface area contributed by atoms with Crippen LogP contribution in [0.1, 0.15) is 68.1 Å². The molecule has 0 amide bonds. The fraction of sp³-hybridized carbons (Fsp3) is 0.647. The van der Waals surface area contributed by atoms with Gasteiger partial charge in [0, 0.05) is 11.1 Å². The minimum absolute atomic E-state index is 0.319. The number of aryl methyl sites for hydroxylation is 1. The van der Waals surface area contributed by atoms with Crippen LogP contribution in [0.2, 0.25) is 0 Å². The van der Waals surface area contributed by atoms with E-state index in [2.05, 4.69) is 22.0 Å². The van der Waals surface area contributed by atoms with E-state index in [-0.39, 0.29) is 5.54 Å². The van der Waals surface area contributed by atoms with Crippen molar-refractivity contribution in [3.8, 4) is 5.75 Å². The maximum absolute atomic E-state index is 10.6. The van der Waals surface area contributed by atoms with Crippen LogP contribution in [0.3, 0.4) is 0 Å². The summed E-state index contributed by atoms with van der Waals surface area (Å²) in [6, 6.07) is 2.12. The Morgan fingerprint density at radius 3 is 2.40 bits per heavy atom. The van der Waals surface area contributed by atoms with Crippen LogP contribution in [-0.2, 0) is 18.4 Å². The van der Waals surface area contributed by atoms with Gasteiger partial charge in [0.25, 0.3) is 0 Å². The van der Waals surface area contributed by atoms with Crippen LogP contribution in [0.25, 0.3) is 0 Å². The summed E-state index contributed by atoms with van der Waals surface area (Å²) in [5.74, 6) is 0.398. The van der Waals surface area contributed by atoms with E-state index in [1.807, 2.05) is 0 Å². The van der Waals surface area contributed by atoms with E-state index in [0.29, 0.717) is 5.75 Å². The monoisotopic (exact) mass is 337 g/mol. The molecule has 1 saturated carbocycles. The van der Waals surface area contributed by atoms with Gasteiger partial charge in [-0.15, -0.1) is 0 Å². The van der Waals surface area contributed by atoms with Crippen LogP contribution >= 0.6 is 15.9 Å². The predicted octanol–water partition coefficient (Wildman–Crippen LogP) is 4.54. The molecular weight excluding hydrogens is 314 g/mol. The van der Waals surface area contributed by atoms with Gasteiger partial charge in [0.1, 0.15) is 5.75 Å². The second-order valence-corrected chi connectivity index (χ2v) is 7.35. The van der Waals surface area contributed by atoms with Crippen molar-refractivity contribution < 1.29 is 5.11 Å². The van der Waals surface area contributed by atoms with Crippen molar-refractivity contribution in [2.45, 2.75) is 69.7 Å². The summed E-state index contributed by atoms with van der Waals surface area (Å²) in [7, 11) is 0. The van der Waals surface area contributed by atoms with Gasteiger partial charge in [-0.3, -0.25) is 0 Å². The van der Waals surface area contributed by atoms with E-state index in [1.54, 1.807) is 0 Å². The molecule has 0 saturated heterocycles. The fourth-order valence-corrected chi connectivity index (χ4v) is 4.48. The lowest BCUT2D eigenvalue weighted by Crippen LogP contribution is -2.39. The summed E-state index contributed by atoms with van der Waals surface area (Å²) in [6.07, 6.45) is 11.6. The zero-order chi connectivity index (χ0) is 14.2. The van der Waals surface area contributed by atoms with Crippen molar-refractivity contribution in [2.24, 2.45) is 5.73 Å². The normalized spacial score (nSPS) is 22.1. The minimum Gasteiger partial charge on any atom is -0.506 e. The third-order valence-corrected chi connectivity index (χ3v) is 5.67. The molecule has 0 heterocycles. The standard InChI is InChI=1S/C17H24BrNO/c18-14-11-12-7-3-1-4-8-13(12)15(16(14)20)17(19)9-5-2-6-10-17/h11,20H,1-10,19H2. The molecule has 0 unspecified atom stereocenters. The highest BCUT2D eigenvalue weighted by molar-refractivity contribution is 9.10. The van der Waals surface area contributed by atoms with Gasteiger partial charge in [-0.1, -0.05) is 25.7 Å². The summed E-state index contributed by atoms with van der Waals surface area (Å²) in [5, 5.41) is 10.6. The molecule has 0 bridgehead atoms. The van der Waals surface area contributed by atoms with Gasteiger partial charge in [-0.2, -0.15) is 0 Å². The predicted molar refractivity (Wildman–Crippen MR) is 86.0 cm³/mol. The SMILES string of the molecule is NC1(c2c(O)c(Br)cc3c2CCCCC3)CCCCC1. The molecule has 2 aliphatic rings. The summed E-state index contributed by atoms with van der Waals surface area (Å²) >= 11 is 3.54. The third kappa shape index (κ3) is 2.50. The molecule has 2 nitrogen and oxygen atoms in total. The van der Waals surface area contributed by atoms with Crippen LogP contribution in [-0.4, -0.2) is 5.11 Å². The van der Waals surface area contributed by atoms with E-state index in [0.717, 1.165) is 35.7 Å². The van der Waals surface area contributed by atoms with Crippen LogP contribution in [0, 0.1) is 0 Å². The molecule has 3 rings (SSSR count). The molecule has 3 N–H and O–H groups in total. The molecule has 0 spiro atoms. The molecule has 3 heteroatoms. The van der Waals surface area contributed by atoms with E-state index >= 15 is 0 Å². The van der Waals surface area contributed by atoms with Gasteiger partial charge in [0.15, 0.2) is 0 Å². The summed E-state index contributed by atoms with van der Waals surface area (Å²) in [4.78, 5) is 0. The van der Waals surface area contributed by atoms with E-state index in [9.17, 15) is 5.11 Å². The lowest BCUT2D eigenvalue weighted by Gasteiger charge is -2.37. The Morgan fingerprint density at radius 2 is 1.65 bits per heavy atom. The number of nitrogens with two attached hydrogens (primary N) is 1. The average molecular weight is 338 g/mol. The number of hydrogen-bond donors (Lipinski definition) is 2. The van der Waals surface area contributed by atoms with Crippen LogP contribution < -0.4 is 5.73 Å². The number of phenols is 1. The molecule has 1 aromatic carbocycles. The zero-order valence-corrected chi connectivity index (χ0v) is 13.6. The molecule has 0 aliphatic heterocycles. The van der Waals surface area contributed by atoms with E-state index in [4.69, 9.17) is 5.73 Å². The largest absolute Gasteiger partial charge is 0.506 e. The Kier molecular flexibility index (Phi) is 4.09. The molecule has 20 heavy (non-hydrogen) atoms. The molecule has 110 valence electrons. The number of rotatable bonds is 1.